The molecule has 0 aromatic carbocycles. The Labute approximate surface area is 120 Å². The molecule has 5 heteroatoms. The van der Waals surface area contributed by atoms with Gasteiger partial charge in [-0.05, 0) is 32.7 Å². The zero-order valence-corrected chi connectivity index (χ0v) is 12.9. The van der Waals surface area contributed by atoms with Crippen LogP contribution in [-0.2, 0) is 18.3 Å². The Morgan fingerprint density at radius 2 is 2.26 bits per heavy atom. The van der Waals surface area contributed by atoms with Gasteiger partial charge in [-0.3, -0.25) is 9.58 Å². The summed E-state index contributed by atoms with van der Waals surface area (Å²) in [4.78, 5) is 2.43. The van der Waals surface area contributed by atoms with Crippen LogP contribution >= 0.6 is 11.6 Å². The van der Waals surface area contributed by atoms with Crippen molar-refractivity contribution in [3.63, 3.8) is 0 Å². The minimum absolute atomic E-state index is 0.379. The Morgan fingerprint density at radius 3 is 2.89 bits per heavy atom. The van der Waals surface area contributed by atoms with Gasteiger partial charge in [0.1, 0.15) is 5.15 Å². The lowest BCUT2D eigenvalue weighted by molar-refractivity contribution is -0.00227. The van der Waals surface area contributed by atoms with E-state index in [1.54, 1.807) is 4.68 Å². The number of nitrogens with zero attached hydrogens (tertiary/aromatic N) is 3. The largest absolute Gasteiger partial charge is 0.377 e. The van der Waals surface area contributed by atoms with Gasteiger partial charge in [-0.1, -0.05) is 18.5 Å². The van der Waals surface area contributed by atoms with E-state index in [4.69, 9.17) is 16.3 Å². The van der Waals surface area contributed by atoms with Crippen molar-refractivity contribution >= 4 is 11.6 Å². The highest BCUT2D eigenvalue weighted by atomic mass is 35.5. The molecular formula is C14H24ClN3O. The van der Waals surface area contributed by atoms with Crippen LogP contribution in [0.25, 0.3) is 0 Å². The van der Waals surface area contributed by atoms with Crippen molar-refractivity contribution in [3.8, 4) is 0 Å². The fourth-order valence-electron chi connectivity index (χ4n) is 2.65. The Kier molecular flexibility index (Phi) is 5.25. The van der Waals surface area contributed by atoms with Crippen molar-refractivity contribution in [2.45, 2.75) is 45.8 Å². The summed E-state index contributed by atoms with van der Waals surface area (Å²) >= 11 is 6.30. The number of hydrogen-bond donors (Lipinski definition) is 0. The molecule has 1 unspecified atom stereocenters. The van der Waals surface area contributed by atoms with Crippen molar-refractivity contribution in [1.29, 1.82) is 0 Å². The summed E-state index contributed by atoms with van der Waals surface area (Å²) in [5, 5.41) is 5.13. The zero-order valence-electron chi connectivity index (χ0n) is 12.2. The molecule has 4 nitrogen and oxygen atoms in total. The molecule has 19 heavy (non-hydrogen) atoms. The number of likely N-dealkylation sites (tertiary alicyclic amines) is 1. The molecule has 1 aliphatic rings. The second-order valence-electron chi connectivity index (χ2n) is 5.35. The minimum atomic E-state index is 0.379. The topological polar surface area (TPSA) is 30.3 Å². The van der Waals surface area contributed by atoms with E-state index in [2.05, 4.69) is 16.9 Å². The molecule has 0 amide bonds. The van der Waals surface area contributed by atoms with Crippen LogP contribution in [0.5, 0.6) is 0 Å². The predicted molar refractivity (Wildman–Crippen MR) is 77.5 cm³/mol. The monoisotopic (exact) mass is 285 g/mol. The van der Waals surface area contributed by atoms with Gasteiger partial charge < -0.3 is 4.74 Å². The second-order valence-corrected chi connectivity index (χ2v) is 5.71. The van der Waals surface area contributed by atoms with E-state index in [0.717, 1.165) is 49.1 Å². The third-order valence-corrected chi connectivity index (χ3v) is 4.14. The number of piperidine rings is 1. The van der Waals surface area contributed by atoms with E-state index in [-0.39, 0.29) is 0 Å². The van der Waals surface area contributed by atoms with Crippen molar-refractivity contribution in [2.75, 3.05) is 19.7 Å². The maximum absolute atomic E-state index is 6.30. The molecule has 1 atom stereocenters. The number of aryl methyl sites for hydroxylation is 2. The Bertz CT molecular complexity index is 419. The lowest BCUT2D eigenvalue weighted by atomic mass is 10.1. The van der Waals surface area contributed by atoms with Gasteiger partial charge in [0.25, 0.3) is 0 Å². The van der Waals surface area contributed by atoms with Gasteiger partial charge in [-0.2, -0.15) is 5.10 Å². The van der Waals surface area contributed by atoms with Crippen molar-refractivity contribution in [2.24, 2.45) is 7.05 Å². The van der Waals surface area contributed by atoms with Crippen molar-refractivity contribution < 1.29 is 4.74 Å². The number of aromatic nitrogens is 2. The Hall–Kier alpha value is -0.580. The standard InChI is InChI=1S/C14H24ClN3O/c1-4-8-19-12-6-5-7-18(9-12)10-13-11(2)16-17(3)14(13)15/h12H,4-10H2,1-3H3. The molecule has 2 heterocycles. The number of halogens is 1. The van der Waals surface area contributed by atoms with E-state index in [0.29, 0.717) is 6.10 Å². The fraction of sp³-hybridized carbons (Fsp3) is 0.786. The molecule has 1 aliphatic heterocycles. The van der Waals surface area contributed by atoms with Gasteiger partial charge in [0.05, 0.1) is 11.8 Å². The molecule has 1 aromatic rings. The van der Waals surface area contributed by atoms with Crippen LogP contribution < -0.4 is 0 Å². The Balaban J connectivity index is 1.95. The number of hydrogen-bond acceptors (Lipinski definition) is 3. The summed E-state index contributed by atoms with van der Waals surface area (Å²) in [6, 6.07) is 0. The summed E-state index contributed by atoms with van der Waals surface area (Å²) in [6.07, 6.45) is 3.84. The minimum Gasteiger partial charge on any atom is -0.377 e. The maximum Gasteiger partial charge on any atom is 0.131 e. The predicted octanol–water partition coefficient (Wildman–Crippen LogP) is 2.77. The number of rotatable bonds is 5. The van der Waals surface area contributed by atoms with Gasteiger partial charge in [0.15, 0.2) is 0 Å². The highest BCUT2D eigenvalue weighted by Gasteiger charge is 2.22. The summed E-state index contributed by atoms with van der Waals surface area (Å²) in [6.45, 7) is 8.05. The highest BCUT2D eigenvalue weighted by Crippen LogP contribution is 2.23. The normalized spacial score (nSPS) is 20.9. The quantitative estimate of drug-likeness (QED) is 0.833. The van der Waals surface area contributed by atoms with Crippen LogP contribution in [0.3, 0.4) is 0 Å². The maximum atomic E-state index is 6.30. The molecule has 0 aliphatic carbocycles. The summed E-state index contributed by atoms with van der Waals surface area (Å²) in [5.74, 6) is 0. The van der Waals surface area contributed by atoms with E-state index in [1.807, 2.05) is 14.0 Å². The lowest BCUT2D eigenvalue weighted by Gasteiger charge is -2.32. The molecule has 108 valence electrons. The number of ether oxygens (including phenoxy) is 1. The van der Waals surface area contributed by atoms with Gasteiger partial charge in [0.2, 0.25) is 0 Å². The van der Waals surface area contributed by atoms with E-state index < -0.39 is 0 Å². The third kappa shape index (κ3) is 3.71. The first-order valence-corrected chi connectivity index (χ1v) is 7.51. The molecule has 0 N–H and O–H groups in total. The average Bonchev–Trinajstić information content (AvgIpc) is 2.64. The molecule has 0 radical (unpaired) electrons. The molecule has 1 fully saturated rings. The van der Waals surface area contributed by atoms with Crippen LogP contribution in [0.4, 0.5) is 0 Å². The van der Waals surface area contributed by atoms with Crippen LogP contribution in [0.15, 0.2) is 0 Å². The highest BCUT2D eigenvalue weighted by molar-refractivity contribution is 6.30. The summed E-state index contributed by atoms with van der Waals surface area (Å²) < 4.78 is 7.62. The van der Waals surface area contributed by atoms with Gasteiger partial charge in [-0.15, -0.1) is 0 Å². The van der Waals surface area contributed by atoms with Crippen LogP contribution in [0, 0.1) is 6.92 Å². The molecule has 1 saturated heterocycles. The van der Waals surface area contributed by atoms with E-state index >= 15 is 0 Å². The van der Waals surface area contributed by atoms with Gasteiger partial charge in [-0.25, -0.2) is 0 Å². The van der Waals surface area contributed by atoms with Crippen LogP contribution in [0.1, 0.15) is 37.4 Å². The first-order valence-electron chi connectivity index (χ1n) is 7.13. The molecule has 0 saturated carbocycles. The summed E-state index contributed by atoms with van der Waals surface area (Å²) in [5.41, 5.74) is 2.18. The van der Waals surface area contributed by atoms with Gasteiger partial charge in [0, 0.05) is 32.3 Å². The fourth-order valence-corrected chi connectivity index (χ4v) is 2.89. The van der Waals surface area contributed by atoms with Crippen molar-refractivity contribution in [1.82, 2.24) is 14.7 Å². The first-order chi connectivity index (χ1) is 9.11. The molecule has 0 spiro atoms. The lowest BCUT2D eigenvalue weighted by Crippen LogP contribution is -2.39. The summed E-state index contributed by atoms with van der Waals surface area (Å²) in [7, 11) is 1.89. The first kappa shape index (κ1) is 14.8. The van der Waals surface area contributed by atoms with E-state index in [9.17, 15) is 0 Å². The molecule has 1 aromatic heterocycles. The molecule has 0 bridgehead atoms. The SMILES string of the molecule is CCCOC1CCCN(Cc2c(C)nn(C)c2Cl)C1. The third-order valence-electron chi connectivity index (χ3n) is 3.67. The van der Waals surface area contributed by atoms with Crippen molar-refractivity contribution in [3.05, 3.63) is 16.4 Å². The van der Waals surface area contributed by atoms with Crippen LogP contribution in [-0.4, -0.2) is 40.5 Å². The van der Waals surface area contributed by atoms with E-state index in [1.165, 1.54) is 12.8 Å². The smallest absolute Gasteiger partial charge is 0.131 e. The Morgan fingerprint density at radius 1 is 1.47 bits per heavy atom. The van der Waals surface area contributed by atoms with Gasteiger partial charge >= 0.3 is 0 Å². The van der Waals surface area contributed by atoms with Crippen LogP contribution in [0.2, 0.25) is 5.15 Å². The second kappa shape index (κ2) is 6.73. The zero-order chi connectivity index (χ0) is 13.8. The molecule has 2 rings (SSSR count). The average molecular weight is 286 g/mol. The molecular weight excluding hydrogens is 262 g/mol.